The second kappa shape index (κ2) is 7.06. The van der Waals surface area contributed by atoms with Gasteiger partial charge in [0.15, 0.2) is 0 Å². The number of pyridine rings is 1. The molecule has 1 saturated heterocycles. The van der Waals surface area contributed by atoms with Crippen LogP contribution in [0.5, 0.6) is 0 Å². The van der Waals surface area contributed by atoms with E-state index in [4.69, 9.17) is 0 Å². The van der Waals surface area contributed by atoms with Crippen molar-refractivity contribution < 1.29 is 4.79 Å². The van der Waals surface area contributed by atoms with Crippen LogP contribution < -0.4 is 10.2 Å². The number of aryl methyl sites for hydroxylation is 1. The topological polar surface area (TPSA) is 63.1 Å². The van der Waals surface area contributed by atoms with Crippen LogP contribution >= 0.6 is 0 Å². The molecule has 2 aromatic heterocycles. The quantitative estimate of drug-likeness (QED) is 0.825. The molecule has 1 amide bonds. The van der Waals surface area contributed by atoms with Crippen molar-refractivity contribution in [2.75, 3.05) is 24.5 Å². The molecule has 1 N–H and O–H groups in total. The molecule has 1 aliphatic rings. The van der Waals surface area contributed by atoms with Gasteiger partial charge in [0, 0.05) is 44.8 Å². The van der Waals surface area contributed by atoms with Crippen molar-refractivity contribution in [3.63, 3.8) is 0 Å². The zero-order valence-corrected chi connectivity index (χ0v) is 12.6. The first-order chi connectivity index (χ1) is 10.8. The van der Waals surface area contributed by atoms with E-state index in [-0.39, 0.29) is 5.91 Å². The Morgan fingerprint density at radius 2 is 2.14 bits per heavy atom. The lowest BCUT2D eigenvalue weighted by atomic mass is 10.2. The fourth-order valence-electron chi connectivity index (χ4n) is 2.73. The van der Waals surface area contributed by atoms with Crippen molar-refractivity contribution in [2.24, 2.45) is 0 Å². The Hall–Kier alpha value is -2.37. The minimum absolute atomic E-state index is 0.0411. The van der Waals surface area contributed by atoms with Crippen LogP contribution in [0, 0.1) is 0 Å². The van der Waals surface area contributed by atoms with Crippen molar-refractivity contribution >= 4 is 11.7 Å². The van der Waals surface area contributed by atoms with E-state index < -0.39 is 0 Å². The largest absolute Gasteiger partial charge is 0.356 e. The third-order valence-corrected chi connectivity index (χ3v) is 3.87. The smallest absolute Gasteiger partial charge is 0.255 e. The Morgan fingerprint density at radius 3 is 2.91 bits per heavy atom. The molecule has 22 heavy (non-hydrogen) atoms. The average molecular weight is 299 g/mol. The molecule has 1 aliphatic heterocycles. The number of carbonyl (C=O) groups excluding carboxylic acids is 1. The Labute approximate surface area is 130 Å². The molecule has 0 radical (unpaired) electrons. The standard InChI is InChI=1S/C16H21N5O/c22-16(19-7-4-9-20-12-8-17-13-20)14-5-3-6-18-15(14)21-10-1-2-11-21/h3,5-6,8,12-13H,1-2,4,7,9-11H2,(H,19,22). The number of amides is 1. The Balaban J connectivity index is 1.55. The molecular weight excluding hydrogens is 278 g/mol. The predicted octanol–water partition coefficient (Wildman–Crippen LogP) is 1.70. The average Bonchev–Trinajstić information content (AvgIpc) is 3.24. The van der Waals surface area contributed by atoms with Crippen LogP contribution in [0.15, 0.2) is 37.1 Å². The summed E-state index contributed by atoms with van der Waals surface area (Å²) in [5.41, 5.74) is 0.673. The van der Waals surface area contributed by atoms with Gasteiger partial charge in [-0.25, -0.2) is 9.97 Å². The number of hydrogen-bond acceptors (Lipinski definition) is 4. The highest BCUT2D eigenvalue weighted by molar-refractivity contribution is 5.98. The summed E-state index contributed by atoms with van der Waals surface area (Å²) < 4.78 is 2.01. The van der Waals surface area contributed by atoms with Gasteiger partial charge in [0.05, 0.1) is 11.9 Å². The van der Waals surface area contributed by atoms with Crippen molar-refractivity contribution in [1.29, 1.82) is 0 Å². The van der Waals surface area contributed by atoms with E-state index in [2.05, 4.69) is 20.2 Å². The molecule has 3 rings (SSSR count). The number of nitrogens with zero attached hydrogens (tertiary/aromatic N) is 4. The van der Waals surface area contributed by atoms with E-state index in [9.17, 15) is 4.79 Å². The van der Waals surface area contributed by atoms with Crippen LogP contribution in [0.25, 0.3) is 0 Å². The summed E-state index contributed by atoms with van der Waals surface area (Å²) >= 11 is 0. The zero-order valence-electron chi connectivity index (χ0n) is 12.6. The number of nitrogens with one attached hydrogen (secondary N) is 1. The van der Waals surface area contributed by atoms with Gasteiger partial charge in [-0.3, -0.25) is 4.79 Å². The van der Waals surface area contributed by atoms with Gasteiger partial charge in [0.2, 0.25) is 0 Å². The van der Waals surface area contributed by atoms with E-state index in [1.165, 1.54) is 12.8 Å². The van der Waals surface area contributed by atoms with Crippen LogP contribution in [-0.4, -0.2) is 40.1 Å². The van der Waals surface area contributed by atoms with Gasteiger partial charge in [-0.1, -0.05) is 0 Å². The fraction of sp³-hybridized carbons (Fsp3) is 0.438. The van der Waals surface area contributed by atoms with Crippen LogP contribution in [0.2, 0.25) is 0 Å². The molecule has 3 heterocycles. The molecule has 0 saturated carbocycles. The number of aromatic nitrogens is 3. The SMILES string of the molecule is O=C(NCCCn1ccnc1)c1cccnc1N1CCCC1. The maximum absolute atomic E-state index is 12.4. The van der Waals surface area contributed by atoms with Gasteiger partial charge in [-0.05, 0) is 31.4 Å². The highest BCUT2D eigenvalue weighted by Crippen LogP contribution is 2.21. The van der Waals surface area contributed by atoms with Crippen molar-refractivity contribution in [2.45, 2.75) is 25.8 Å². The van der Waals surface area contributed by atoms with Gasteiger partial charge < -0.3 is 14.8 Å². The minimum atomic E-state index is -0.0411. The van der Waals surface area contributed by atoms with Crippen molar-refractivity contribution in [3.05, 3.63) is 42.6 Å². The number of imidazole rings is 1. The van der Waals surface area contributed by atoms with Crippen LogP contribution in [0.3, 0.4) is 0 Å². The van der Waals surface area contributed by atoms with E-state index in [0.29, 0.717) is 12.1 Å². The molecule has 0 atom stereocenters. The Kier molecular flexibility index (Phi) is 4.68. The molecule has 6 nitrogen and oxygen atoms in total. The third kappa shape index (κ3) is 3.44. The number of anilines is 1. The summed E-state index contributed by atoms with van der Waals surface area (Å²) in [5, 5.41) is 2.99. The minimum Gasteiger partial charge on any atom is -0.356 e. The van der Waals surface area contributed by atoms with Crippen LogP contribution in [0.4, 0.5) is 5.82 Å². The lowest BCUT2D eigenvalue weighted by Crippen LogP contribution is -2.29. The molecule has 2 aromatic rings. The maximum atomic E-state index is 12.4. The molecule has 0 spiro atoms. The molecule has 0 aromatic carbocycles. The first kappa shape index (κ1) is 14.6. The number of carbonyl (C=O) groups is 1. The van der Waals surface area contributed by atoms with E-state index in [0.717, 1.165) is 31.9 Å². The first-order valence-corrected chi connectivity index (χ1v) is 7.78. The third-order valence-electron chi connectivity index (χ3n) is 3.87. The second-order valence-corrected chi connectivity index (χ2v) is 5.48. The highest BCUT2D eigenvalue weighted by atomic mass is 16.1. The molecule has 6 heteroatoms. The lowest BCUT2D eigenvalue weighted by molar-refractivity contribution is 0.0953. The summed E-state index contributed by atoms with van der Waals surface area (Å²) in [4.78, 5) is 23.0. The monoisotopic (exact) mass is 299 g/mol. The molecule has 1 fully saturated rings. The van der Waals surface area contributed by atoms with Gasteiger partial charge in [-0.2, -0.15) is 0 Å². The second-order valence-electron chi connectivity index (χ2n) is 5.48. The van der Waals surface area contributed by atoms with Crippen molar-refractivity contribution in [1.82, 2.24) is 19.9 Å². The molecule has 0 unspecified atom stereocenters. The zero-order chi connectivity index (χ0) is 15.2. The Bertz CT molecular complexity index is 605. The van der Waals surface area contributed by atoms with E-state index >= 15 is 0 Å². The Morgan fingerprint density at radius 1 is 1.27 bits per heavy atom. The van der Waals surface area contributed by atoms with E-state index in [1.807, 2.05) is 22.9 Å². The van der Waals surface area contributed by atoms with Gasteiger partial charge in [-0.15, -0.1) is 0 Å². The highest BCUT2D eigenvalue weighted by Gasteiger charge is 2.20. The molecule has 0 aliphatic carbocycles. The summed E-state index contributed by atoms with van der Waals surface area (Å²) in [6.07, 6.45) is 10.4. The summed E-state index contributed by atoms with van der Waals surface area (Å²) in [7, 11) is 0. The fourth-order valence-corrected chi connectivity index (χ4v) is 2.73. The van der Waals surface area contributed by atoms with Gasteiger partial charge in [0.1, 0.15) is 5.82 Å². The van der Waals surface area contributed by atoms with Crippen LogP contribution in [-0.2, 0) is 6.54 Å². The molecule has 0 bridgehead atoms. The van der Waals surface area contributed by atoms with E-state index in [1.54, 1.807) is 18.7 Å². The number of hydrogen-bond donors (Lipinski definition) is 1. The van der Waals surface area contributed by atoms with Crippen molar-refractivity contribution in [3.8, 4) is 0 Å². The lowest BCUT2D eigenvalue weighted by Gasteiger charge is -2.19. The maximum Gasteiger partial charge on any atom is 0.255 e. The van der Waals surface area contributed by atoms with Crippen LogP contribution in [0.1, 0.15) is 29.6 Å². The summed E-state index contributed by atoms with van der Waals surface area (Å²) in [6, 6.07) is 3.67. The summed E-state index contributed by atoms with van der Waals surface area (Å²) in [6.45, 7) is 3.47. The van der Waals surface area contributed by atoms with Gasteiger partial charge in [0.25, 0.3) is 5.91 Å². The first-order valence-electron chi connectivity index (χ1n) is 7.78. The number of rotatable bonds is 6. The van der Waals surface area contributed by atoms with Gasteiger partial charge >= 0.3 is 0 Å². The summed E-state index contributed by atoms with van der Waals surface area (Å²) in [5.74, 6) is 0.771. The predicted molar refractivity (Wildman–Crippen MR) is 84.9 cm³/mol. The normalized spacial score (nSPS) is 14.3. The molecule has 116 valence electrons. The molecular formula is C16H21N5O.